The lowest BCUT2D eigenvalue weighted by molar-refractivity contribution is 0.0697. The lowest BCUT2D eigenvalue weighted by Gasteiger charge is -2.02. The smallest absolute Gasteiger partial charge is 0.337 e. The van der Waals surface area contributed by atoms with Gasteiger partial charge in [-0.15, -0.1) is 0 Å². The zero-order valence-electron chi connectivity index (χ0n) is 7.71. The van der Waals surface area contributed by atoms with E-state index in [-0.39, 0.29) is 5.56 Å². The van der Waals surface area contributed by atoms with Crippen molar-refractivity contribution in [1.29, 1.82) is 0 Å². The van der Waals surface area contributed by atoms with Gasteiger partial charge in [0, 0.05) is 24.8 Å². The third kappa shape index (κ3) is 1.42. The van der Waals surface area contributed by atoms with E-state index in [2.05, 4.69) is 0 Å². The van der Waals surface area contributed by atoms with E-state index in [9.17, 15) is 4.79 Å². The van der Waals surface area contributed by atoms with Crippen LogP contribution in [-0.4, -0.2) is 20.4 Å². The third-order valence-corrected chi connectivity index (χ3v) is 2.02. The summed E-state index contributed by atoms with van der Waals surface area (Å²) in [5, 5.41) is 8.73. The molecule has 14 heavy (non-hydrogen) atoms. The Kier molecular flexibility index (Phi) is 1.89. The first-order chi connectivity index (χ1) is 6.66. The van der Waals surface area contributed by atoms with Crippen LogP contribution in [0.3, 0.4) is 0 Å². The second kappa shape index (κ2) is 3.06. The molecule has 0 aromatic carbocycles. The van der Waals surface area contributed by atoms with Gasteiger partial charge < -0.3 is 5.11 Å². The molecular formula is C10H10N2O2. The van der Waals surface area contributed by atoms with Crippen LogP contribution >= 0.6 is 0 Å². The minimum absolute atomic E-state index is 0.288. The Balaban J connectivity index is 2.38. The molecule has 4 heteroatoms. The number of carbonyl (C=O) groups is 1. The number of carboxylic acids is 1. The first-order valence-electron chi connectivity index (χ1n) is 4.23. The summed E-state index contributed by atoms with van der Waals surface area (Å²) >= 11 is 0. The predicted octanol–water partition coefficient (Wildman–Crippen LogP) is 1.61. The Labute approximate surface area is 81.0 Å². The van der Waals surface area contributed by atoms with Crippen molar-refractivity contribution in [2.75, 3.05) is 0 Å². The van der Waals surface area contributed by atoms with Crippen molar-refractivity contribution < 1.29 is 9.90 Å². The molecule has 1 N–H and O–H groups in total. The number of aromatic carboxylic acids is 1. The summed E-state index contributed by atoms with van der Waals surface area (Å²) in [6.45, 7) is 1.98. The van der Waals surface area contributed by atoms with Gasteiger partial charge in [-0.2, -0.15) is 0 Å². The van der Waals surface area contributed by atoms with Crippen LogP contribution in [0.15, 0.2) is 36.9 Å². The van der Waals surface area contributed by atoms with Crippen molar-refractivity contribution >= 4 is 5.97 Å². The van der Waals surface area contributed by atoms with Gasteiger partial charge in [-0.25, -0.2) is 4.79 Å². The Morgan fingerprint density at radius 2 is 1.86 bits per heavy atom. The Morgan fingerprint density at radius 3 is 2.36 bits per heavy atom. The molecule has 2 aromatic rings. The highest BCUT2D eigenvalue weighted by Gasteiger charge is 2.04. The Morgan fingerprint density at radius 1 is 1.21 bits per heavy atom. The van der Waals surface area contributed by atoms with Crippen LogP contribution in [0.1, 0.15) is 15.9 Å². The number of aryl methyl sites for hydroxylation is 1. The van der Waals surface area contributed by atoms with Crippen LogP contribution in [0, 0.1) is 6.92 Å². The molecule has 0 spiro atoms. The van der Waals surface area contributed by atoms with Crippen LogP contribution in [0.4, 0.5) is 0 Å². The Hall–Kier alpha value is -1.97. The summed E-state index contributed by atoms with van der Waals surface area (Å²) in [6.07, 6.45) is 7.08. The van der Waals surface area contributed by atoms with Gasteiger partial charge in [0.2, 0.25) is 0 Å². The second-order valence-corrected chi connectivity index (χ2v) is 3.15. The SMILES string of the molecule is Cc1ccn(-n2ccc(C(=O)O)c2)c1. The maximum atomic E-state index is 10.6. The van der Waals surface area contributed by atoms with Gasteiger partial charge in [-0.1, -0.05) is 0 Å². The molecule has 0 aliphatic heterocycles. The molecular weight excluding hydrogens is 180 g/mol. The number of rotatable bonds is 2. The average Bonchev–Trinajstić information content (AvgIpc) is 2.70. The summed E-state index contributed by atoms with van der Waals surface area (Å²) in [4.78, 5) is 10.6. The maximum Gasteiger partial charge on any atom is 0.337 e. The van der Waals surface area contributed by atoms with Crippen molar-refractivity contribution in [3.8, 4) is 0 Å². The van der Waals surface area contributed by atoms with Gasteiger partial charge in [0.05, 0.1) is 5.56 Å². The topological polar surface area (TPSA) is 47.2 Å². The van der Waals surface area contributed by atoms with E-state index < -0.39 is 5.97 Å². The molecule has 0 unspecified atom stereocenters. The molecule has 0 bridgehead atoms. The van der Waals surface area contributed by atoms with Gasteiger partial charge in [0.1, 0.15) is 0 Å². The van der Waals surface area contributed by atoms with Crippen LogP contribution in [0.5, 0.6) is 0 Å². The highest BCUT2D eigenvalue weighted by molar-refractivity contribution is 5.87. The summed E-state index contributed by atoms with van der Waals surface area (Å²) in [7, 11) is 0. The normalized spacial score (nSPS) is 10.4. The number of nitrogens with zero attached hydrogens (tertiary/aromatic N) is 2. The van der Waals surface area contributed by atoms with Crippen LogP contribution in [0.2, 0.25) is 0 Å². The summed E-state index contributed by atoms with van der Waals surface area (Å²) < 4.78 is 3.54. The molecule has 0 fully saturated rings. The maximum absolute atomic E-state index is 10.6. The summed E-state index contributed by atoms with van der Waals surface area (Å²) in [5.41, 5.74) is 1.42. The molecule has 2 heterocycles. The minimum atomic E-state index is -0.910. The molecule has 0 aliphatic carbocycles. The highest BCUT2D eigenvalue weighted by atomic mass is 16.4. The van der Waals surface area contributed by atoms with Crippen molar-refractivity contribution in [2.24, 2.45) is 0 Å². The van der Waals surface area contributed by atoms with Crippen molar-refractivity contribution in [2.45, 2.75) is 6.92 Å². The molecule has 0 amide bonds. The van der Waals surface area contributed by atoms with E-state index in [1.807, 2.05) is 30.1 Å². The van der Waals surface area contributed by atoms with Crippen LogP contribution in [0.25, 0.3) is 0 Å². The van der Waals surface area contributed by atoms with Crippen molar-refractivity contribution in [1.82, 2.24) is 9.35 Å². The van der Waals surface area contributed by atoms with E-state index in [0.717, 1.165) is 5.56 Å². The molecule has 4 nitrogen and oxygen atoms in total. The molecule has 2 aromatic heterocycles. The van der Waals surface area contributed by atoms with Gasteiger partial charge in [0.25, 0.3) is 0 Å². The first-order valence-corrected chi connectivity index (χ1v) is 4.23. The Bertz CT molecular complexity index is 468. The third-order valence-electron chi connectivity index (χ3n) is 2.02. The number of hydrogen-bond acceptors (Lipinski definition) is 1. The molecule has 0 radical (unpaired) electrons. The highest BCUT2D eigenvalue weighted by Crippen LogP contribution is 2.04. The number of aromatic nitrogens is 2. The monoisotopic (exact) mass is 190 g/mol. The summed E-state index contributed by atoms with van der Waals surface area (Å²) in [6, 6.07) is 3.53. The standard InChI is InChI=1S/C10H10N2O2/c1-8-2-4-11(6-8)12-5-3-9(7-12)10(13)14/h2-7H,1H3,(H,13,14). The molecule has 2 rings (SSSR count). The number of carboxylic acid groups (broad SMARTS) is 1. The zero-order chi connectivity index (χ0) is 10.1. The average molecular weight is 190 g/mol. The van der Waals surface area contributed by atoms with E-state index in [0.29, 0.717) is 0 Å². The first kappa shape index (κ1) is 8.62. The van der Waals surface area contributed by atoms with E-state index >= 15 is 0 Å². The lowest BCUT2D eigenvalue weighted by Crippen LogP contribution is -2.03. The molecule has 0 aliphatic rings. The van der Waals surface area contributed by atoms with Gasteiger partial charge in [0.15, 0.2) is 0 Å². The minimum Gasteiger partial charge on any atom is -0.478 e. The fourth-order valence-electron chi connectivity index (χ4n) is 1.29. The fraction of sp³-hybridized carbons (Fsp3) is 0.100. The van der Waals surface area contributed by atoms with Gasteiger partial charge in [-0.3, -0.25) is 9.35 Å². The molecule has 72 valence electrons. The predicted molar refractivity (Wildman–Crippen MR) is 51.4 cm³/mol. The summed E-state index contributed by atoms with van der Waals surface area (Å²) in [5.74, 6) is -0.910. The zero-order valence-corrected chi connectivity index (χ0v) is 7.71. The van der Waals surface area contributed by atoms with Crippen molar-refractivity contribution in [3.63, 3.8) is 0 Å². The largest absolute Gasteiger partial charge is 0.478 e. The van der Waals surface area contributed by atoms with E-state index in [1.54, 1.807) is 23.1 Å². The molecule has 0 saturated heterocycles. The lowest BCUT2D eigenvalue weighted by atomic mass is 10.4. The van der Waals surface area contributed by atoms with Crippen LogP contribution < -0.4 is 0 Å². The fourth-order valence-corrected chi connectivity index (χ4v) is 1.29. The van der Waals surface area contributed by atoms with Gasteiger partial charge in [-0.05, 0) is 24.6 Å². The van der Waals surface area contributed by atoms with E-state index in [4.69, 9.17) is 5.11 Å². The molecule has 0 saturated carbocycles. The molecule has 0 atom stereocenters. The van der Waals surface area contributed by atoms with E-state index in [1.165, 1.54) is 0 Å². The van der Waals surface area contributed by atoms with Crippen molar-refractivity contribution in [3.05, 3.63) is 48.0 Å². The number of hydrogen-bond donors (Lipinski definition) is 1. The second-order valence-electron chi connectivity index (χ2n) is 3.15. The quantitative estimate of drug-likeness (QED) is 0.782. The van der Waals surface area contributed by atoms with Gasteiger partial charge >= 0.3 is 5.97 Å². The van der Waals surface area contributed by atoms with Crippen LogP contribution in [-0.2, 0) is 0 Å².